The van der Waals surface area contributed by atoms with Crippen molar-refractivity contribution in [1.82, 2.24) is 0 Å². The van der Waals surface area contributed by atoms with Crippen molar-refractivity contribution in [1.29, 1.82) is 0 Å². The first kappa shape index (κ1) is 25.3. The lowest BCUT2D eigenvalue weighted by molar-refractivity contribution is 0.592. The Bertz CT molecular complexity index is 1560. The maximum Gasteiger partial charge on any atom is 0.171 e. The summed E-state index contributed by atoms with van der Waals surface area (Å²) in [5.41, 5.74) is 0. The SMILES string of the molecule is O=P(c1ccccc1)(c1ccccc1)c1cccc([P+](c2ccccc2)(c2ccccc2)c2ccccc2)c1. The monoisotopic (exact) mass is 539 g/mol. The van der Waals surface area contributed by atoms with Crippen LogP contribution in [0.1, 0.15) is 0 Å². The maximum atomic E-state index is 15.3. The molecule has 6 rings (SSSR count). The molecular formula is C36H29OP2+. The van der Waals surface area contributed by atoms with E-state index in [1.807, 2.05) is 66.7 Å². The molecule has 0 spiro atoms. The van der Waals surface area contributed by atoms with Crippen LogP contribution in [-0.4, -0.2) is 0 Å². The van der Waals surface area contributed by atoms with Crippen molar-refractivity contribution in [2.75, 3.05) is 0 Å². The summed E-state index contributed by atoms with van der Waals surface area (Å²) in [5.74, 6) is 0. The molecule has 0 saturated carbocycles. The molecule has 0 fully saturated rings. The molecule has 0 N–H and O–H groups in total. The first-order valence-corrected chi connectivity index (χ1v) is 16.6. The average molecular weight is 540 g/mol. The molecule has 0 bridgehead atoms. The van der Waals surface area contributed by atoms with Gasteiger partial charge >= 0.3 is 0 Å². The summed E-state index contributed by atoms with van der Waals surface area (Å²) < 4.78 is 15.3. The fraction of sp³-hybridized carbons (Fsp3) is 0. The molecule has 0 amide bonds. The third kappa shape index (κ3) is 4.49. The highest BCUT2D eigenvalue weighted by Gasteiger charge is 2.48. The Labute approximate surface area is 231 Å². The highest BCUT2D eigenvalue weighted by Crippen LogP contribution is 2.54. The van der Waals surface area contributed by atoms with Gasteiger partial charge in [0.15, 0.2) is 7.14 Å². The normalized spacial score (nSPS) is 11.7. The third-order valence-electron chi connectivity index (χ3n) is 7.25. The Morgan fingerprint density at radius 2 is 0.641 bits per heavy atom. The fourth-order valence-electron chi connectivity index (χ4n) is 5.47. The molecule has 188 valence electrons. The van der Waals surface area contributed by atoms with Crippen LogP contribution >= 0.6 is 14.4 Å². The van der Waals surface area contributed by atoms with Gasteiger partial charge in [-0.25, -0.2) is 0 Å². The summed E-state index contributed by atoms with van der Waals surface area (Å²) >= 11 is 0. The van der Waals surface area contributed by atoms with Crippen molar-refractivity contribution in [2.24, 2.45) is 0 Å². The lowest BCUT2D eigenvalue weighted by atomic mass is 10.3. The Kier molecular flexibility index (Phi) is 7.12. The number of rotatable bonds is 7. The summed E-state index contributed by atoms with van der Waals surface area (Å²) in [7, 11) is -5.44. The lowest BCUT2D eigenvalue weighted by Crippen LogP contribution is -2.40. The van der Waals surface area contributed by atoms with Crippen LogP contribution in [0.15, 0.2) is 176 Å². The molecule has 0 aliphatic heterocycles. The van der Waals surface area contributed by atoms with E-state index < -0.39 is 14.4 Å². The summed E-state index contributed by atoms with van der Waals surface area (Å²) in [5, 5.41) is 7.55. The zero-order valence-electron chi connectivity index (χ0n) is 21.5. The molecule has 0 aliphatic carbocycles. The van der Waals surface area contributed by atoms with Crippen LogP contribution in [0.4, 0.5) is 0 Å². The van der Waals surface area contributed by atoms with Crippen molar-refractivity contribution in [3.05, 3.63) is 176 Å². The van der Waals surface area contributed by atoms with Gasteiger partial charge in [0.1, 0.15) is 28.5 Å². The second kappa shape index (κ2) is 11.0. The summed E-state index contributed by atoms with van der Waals surface area (Å²) in [4.78, 5) is 0. The minimum Gasteiger partial charge on any atom is -0.309 e. The molecular weight excluding hydrogens is 510 g/mol. The number of hydrogen-bond donors (Lipinski definition) is 0. The van der Waals surface area contributed by atoms with Crippen LogP contribution in [0.25, 0.3) is 0 Å². The molecule has 39 heavy (non-hydrogen) atoms. The smallest absolute Gasteiger partial charge is 0.171 e. The lowest BCUT2D eigenvalue weighted by Gasteiger charge is -2.28. The quantitative estimate of drug-likeness (QED) is 0.229. The largest absolute Gasteiger partial charge is 0.309 e. The minimum atomic E-state index is -3.13. The van der Waals surface area contributed by atoms with Crippen molar-refractivity contribution < 1.29 is 4.57 Å². The van der Waals surface area contributed by atoms with Gasteiger partial charge in [-0.2, -0.15) is 0 Å². The Balaban J connectivity index is 1.69. The predicted octanol–water partition coefficient (Wildman–Crippen LogP) is 5.95. The van der Waals surface area contributed by atoms with E-state index in [2.05, 4.69) is 109 Å². The number of hydrogen-bond acceptors (Lipinski definition) is 1. The van der Waals surface area contributed by atoms with E-state index in [9.17, 15) is 0 Å². The van der Waals surface area contributed by atoms with E-state index in [0.717, 1.165) is 15.9 Å². The molecule has 6 aromatic rings. The molecule has 0 aromatic heterocycles. The van der Waals surface area contributed by atoms with Crippen molar-refractivity contribution in [2.45, 2.75) is 0 Å². The summed E-state index contributed by atoms with van der Waals surface area (Å²) in [6.07, 6.45) is 0. The Morgan fingerprint density at radius 3 is 1.03 bits per heavy atom. The van der Waals surface area contributed by atoms with Crippen LogP contribution < -0.4 is 37.1 Å². The second-order valence-corrected chi connectivity index (χ2v) is 15.7. The van der Waals surface area contributed by atoms with Gasteiger partial charge in [-0.1, -0.05) is 127 Å². The number of benzene rings is 6. The summed E-state index contributed by atoms with van der Waals surface area (Å²) in [6.45, 7) is 0. The van der Waals surface area contributed by atoms with Crippen LogP contribution in [0.3, 0.4) is 0 Å². The highest BCUT2D eigenvalue weighted by atomic mass is 31.2. The molecule has 0 atom stereocenters. The van der Waals surface area contributed by atoms with Crippen LogP contribution in [0.5, 0.6) is 0 Å². The molecule has 0 aliphatic rings. The van der Waals surface area contributed by atoms with Crippen LogP contribution in [-0.2, 0) is 4.57 Å². The Hall–Kier alpha value is -4.02. The zero-order chi connectivity index (χ0) is 26.5. The van der Waals surface area contributed by atoms with Crippen LogP contribution in [0.2, 0.25) is 0 Å². The highest BCUT2D eigenvalue weighted by molar-refractivity contribution is 8.01. The standard InChI is InChI=1S/C36H29OP2/c37-39(33-23-12-4-13-24-33,34-25-14-5-15-26-34)36-28-16-27-35(29-36)38(30-17-6-1-7-18-30,31-19-8-2-9-20-31)32-21-10-3-11-22-32/h1-29H/q+1. The molecule has 1 nitrogen and oxygen atoms in total. The van der Waals surface area contributed by atoms with Gasteiger partial charge in [-0.15, -0.1) is 0 Å². The van der Waals surface area contributed by atoms with Gasteiger partial charge in [-0.05, 0) is 48.5 Å². The van der Waals surface area contributed by atoms with Crippen molar-refractivity contribution in [3.8, 4) is 0 Å². The first-order valence-electron chi connectivity index (χ1n) is 13.1. The van der Waals surface area contributed by atoms with E-state index in [4.69, 9.17) is 0 Å². The minimum absolute atomic E-state index is 0.844. The first-order chi connectivity index (χ1) is 19.2. The molecule has 3 heteroatoms. The van der Waals surface area contributed by atoms with Crippen molar-refractivity contribution in [3.63, 3.8) is 0 Å². The second-order valence-electron chi connectivity index (χ2n) is 9.48. The van der Waals surface area contributed by atoms with Gasteiger partial charge in [0.25, 0.3) is 0 Å². The average Bonchev–Trinajstić information content (AvgIpc) is 3.04. The Morgan fingerprint density at radius 1 is 0.333 bits per heavy atom. The van der Waals surface area contributed by atoms with Crippen LogP contribution in [0, 0.1) is 0 Å². The third-order valence-corrected chi connectivity index (χ3v) is 14.6. The molecule has 0 saturated heterocycles. The van der Waals surface area contributed by atoms with Gasteiger partial charge in [0.2, 0.25) is 0 Å². The molecule has 0 heterocycles. The van der Waals surface area contributed by atoms with Gasteiger partial charge in [0, 0.05) is 15.9 Å². The fourth-order valence-corrected chi connectivity index (χ4v) is 12.6. The topological polar surface area (TPSA) is 17.1 Å². The summed E-state index contributed by atoms with van der Waals surface area (Å²) in [6, 6.07) is 60.8. The zero-order valence-corrected chi connectivity index (χ0v) is 23.3. The van der Waals surface area contributed by atoms with E-state index in [0.29, 0.717) is 0 Å². The van der Waals surface area contributed by atoms with Gasteiger partial charge in [0.05, 0.1) is 0 Å². The maximum absolute atomic E-state index is 15.3. The molecule has 0 radical (unpaired) electrons. The molecule has 6 aromatic carbocycles. The molecule has 0 unspecified atom stereocenters. The van der Waals surface area contributed by atoms with E-state index in [1.165, 1.54) is 21.2 Å². The van der Waals surface area contributed by atoms with E-state index in [1.54, 1.807) is 0 Å². The van der Waals surface area contributed by atoms with E-state index >= 15 is 4.57 Å². The van der Waals surface area contributed by atoms with Gasteiger partial charge in [-0.3, -0.25) is 0 Å². The van der Waals surface area contributed by atoms with E-state index in [-0.39, 0.29) is 0 Å². The predicted molar refractivity (Wildman–Crippen MR) is 171 cm³/mol. The van der Waals surface area contributed by atoms with Crippen molar-refractivity contribution >= 4 is 51.5 Å². The van der Waals surface area contributed by atoms with Gasteiger partial charge < -0.3 is 4.57 Å².